The number of rotatable bonds is 0. The maximum atomic E-state index is 10.2. The van der Waals surface area contributed by atoms with Crippen molar-refractivity contribution in [3.8, 4) is 0 Å². The largest absolute Gasteiger partial charge is 0.375 e. The van der Waals surface area contributed by atoms with Crippen LogP contribution in [-0.2, 0) is 0 Å². The first kappa shape index (κ1) is 8.52. The first-order valence-corrected chi connectivity index (χ1v) is 4.82. The third-order valence-electron chi connectivity index (χ3n) is 4.66. The van der Waals surface area contributed by atoms with Crippen LogP contribution in [0.1, 0.15) is 40.0 Å². The maximum Gasteiger partial charge on any atom is 0.124 e. The van der Waals surface area contributed by atoms with Crippen molar-refractivity contribution in [3.63, 3.8) is 0 Å². The fourth-order valence-corrected chi connectivity index (χ4v) is 3.29. The van der Waals surface area contributed by atoms with Gasteiger partial charge in [0.1, 0.15) is 5.72 Å². The average molecular weight is 169 g/mol. The molecule has 70 valence electrons. The fraction of sp³-hybridized carbons (Fsp3) is 1.00. The van der Waals surface area contributed by atoms with E-state index in [1.54, 1.807) is 0 Å². The molecule has 2 fully saturated rings. The molecule has 0 heterocycles. The second-order valence-corrected chi connectivity index (χ2v) is 5.49. The van der Waals surface area contributed by atoms with E-state index in [-0.39, 0.29) is 10.8 Å². The van der Waals surface area contributed by atoms with E-state index in [2.05, 4.69) is 20.8 Å². The third kappa shape index (κ3) is 0.647. The molecule has 0 saturated heterocycles. The van der Waals surface area contributed by atoms with E-state index in [0.29, 0.717) is 5.92 Å². The highest BCUT2D eigenvalue weighted by atomic mass is 16.3. The van der Waals surface area contributed by atoms with Crippen molar-refractivity contribution < 1.29 is 5.11 Å². The highest BCUT2D eigenvalue weighted by molar-refractivity contribution is 5.15. The zero-order valence-corrected chi connectivity index (χ0v) is 8.22. The van der Waals surface area contributed by atoms with Gasteiger partial charge in [0.25, 0.3) is 0 Å². The smallest absolute Gasteiger partial charge is 0.124 e. The highest BCUT2D eigenvalue weighted by Crippen LogP contribution is 2.65. The summed E-state index contributed by atoms with van der Waals surface area (Å²) < 4.78 is 0. The monoisotopic (exact) mass is 169 g/mol. The van der Waals surface area contributed by atoms with Gasteiger partial charge in [0.15, 0.2) is 0 Å². The van der Waals surface area contributed by atoms with Crippen LogP contribution in [0.3, 0.4) is 0 Å². The van der Waals surface area contributed by atoms with Gasteiger partial charge in [-0.25, -0.2) is 0 Å². The van der Waals surface area contributed by atoms with Crippen LogP contribution < -0.4 is 5.73 Å². The minimum atomic E-state index is -0.955. The highest BCUT2D eigenvalue weighted by Gasteiger charge is 2.66. The summed E-state index contributed by atoms with van der Waals surface area (Å²) in [6, 6.07) is 0. The molecule has 2 nitrogen and oxygen atoms in total. The van der Waals surface area contributed by atoms with Crippen molar-refractivity contribution in [2.24, 2.45) is 22.5 Å². The Bertz CT molecular complexity index is 215. The molecule has 0 aromatic carbocycles. The number of hydrogen-bond donors (Lipinski definition) is 2. The van der Waals surface area contributed by atoms with Gasteiger partial charge in [-0.3, -0.25) is 0 Å². The molecule has 2 heteroatoms. The van der Waals surface area contributed by atoms with E-state index in [4.69, 9.17) is 5.73 Å². The molecule has 3 N–H and O–H groups in total. The molecule has 2 bridgehead atoms. The molecule has 3 atom stereocenters. The summed E-state index contributed by atoms with van der Waals surface area (Å²) in [5.41, 5.74) is 4.95. The lowest BCUT2D eigenvalue weighted by Crippen LogP contribution is -2.60. The van der Waals surface area contributed by atoms with Gasteiger partial charge in [0.05, 0.1) is 0 Å². The molecule has 0 aromatic rings. The summed E-state index contributed by atoms with van der Waals surface area (Å²) in [4.78, 5) is 0. The van der Waals surface area contributed by atoms with E-state index in [0.717, 1.165) is 12.8 Å². The van der Waals surface area contributed by atoms with E-state index < -0.39 is 5.72 Å². The predicted molar refractivity (Wildman–Crippen MR) is 48.4 cm³/mol. The Morgan fingerprint density at radius 1 is 1.33 bits per heavy atom. The number of hydrogen-bond acceptors (Lipinski definition) is 2. The van der Waals surface area contributed by atoms with Gasteiger partial charge in [-0.2, -0.15) is 0 Å². The summed E-state index contributed by atoms with van der Waals surface area (Å²) in [7, 11) is 0. The zero-order valence-electron chi connectivity index (χ0n) is 8.22. The molecule has 0 spiro atoms. The van der Waals surface area contributed by atoms with Gasteiger partial charge < -0.3 is 10.8 Å². The number of nitrogens with two attached hydrogens (primary N) is 1. The van der Waals surface area contributed by atoms with Crippen molar-refractivity contribution in [2.75, 3.05) is 0 Å². The Hall–Kier alpha value is -0.0800. The molecule has 0 radical (unpaired) electrons. The lowest BCUT2D eigenvalue weighted by atomic mass is 9.66. The van der Waals surface area contributed by atoms with E-state index in [1.165, 1.54) is 6.42 Å². The van der Waals surface area contributed by atoms with Crippen LogP contribution in [0.2, 0.25) is 0 Å². The SMILES string of the molecule is CC12CCC(C1)C(C)(C)C2(N)O. The number of fused-ring (bicyclic) bond motifs is 2. The molecular weight excluding hydrogens is 150 g/mol. The minimum absolute atomic E-state index is 0.0266. The van der Waals surface area contributed by atoms with Gasteiger partial charge in [-0.05, 0) is 25.2 Å². The zero-order chi connectivity index (χ0) is 9.20. The van der Waals surface area contributed by atoms with Crippen molar-refractivity contribution in [1.82, 2.24) is 0 Å². The van der Waals surface area contributed by atoms with Crippen LogP contribution >= 0.6 is 0 Å². The lowest BCUT2D eigenvalue weighted by molar-refractivity contribution is -0.138. The van der Waals surface area contributed by atoms with Crippen molar-refractivity contribution in [1.29, 1.82) is 0 Å². The van der Waals surface area contributed by atoms with Crippen LogP contribution in [0, 0.1) is 16.7 Å². The summed E-state index contributed by atoms with van der Waals surface area (Å²) in [5, 5.41) is 10.2. The van der Waals surface area contributed by atoms with Crippen molar-refractivity contribution in [3.05, 3.63) is 0 Å². The lowest BCUT2D eigenvalue weighted by Gasteiger charge is -2.47. The Balaban J connectivity index is 2.46. The molecule has 2 saturated carbocycles. The molecule has 3 unspecified atom stereocenters. The van der Waals surface area contributed by atoms with Gasteiger partial charge in [-0.15, -0.1) is 0 Å². The van der Waals surface area contributed by atoms with E-state index in [1.807, 2.05) is 0 Å². The standard InChI is InChI=1S/C10H19NO/c1-8(2)7-4-5-9(3,6-7)10(8,11)12/h7,12H,4-6,11H2,1-3H3. The number of aliphatic hydroxyl groups is 1. The topological polar surface area (TPSA) is 46.2 Å². The molecule has 12 heavy (non-hydrogen) atoms. The minimum Gasteiger partial charge on any atom is -0.375 e. The first-order chi connectivity index (χ1) is 5.31. The normalized spacial score (nSPS) is 56.2. The summed E-state index contributed by atoms with van der Waals surface area (Å²) in [6.45, 7) is 6.33. The van der Waals surface area contributed by atoms with Crippen LogP contribution in [0.4, 0.5) is 0 Å². The molecule has 0 aliphatic heterocycles. The van der Waals surface area contributed by atoms with Crippen molar-refractivity contribution >= 4 is 0 Å². The van der Waals surface area contributed by atoms with Crippen LogP contribution in [0.15, 0.2) is 0 Å². The molecular formula is C10H19NO. The first-order valence-electron chi connectivity index (χ1n) is 4.82. The Morgan fingerprint density at radius 3 is 2.17 bits per heavy atom. The van der Waals surface area contributed by atoms with E-state index in [9.17, 15) is 5.11 Å². The van der Waals surface area contributed by atoms with Crippen molar-refractivity contribution in [2.45, 2.75) is 45.8 Å². The third-order valence-corrected chi connectivity index (χ3v) is 4.66. The van der Waals surface area contributed by atoms with Gasteiger partial charge >= 0.3 is 0 Å². The predicted octanol–water partition coefficient (Wildman–Crippen LogP) is 1.48. The van der Waals surface area contributed by atoms with Gasteiger partial charge in [0, 0.05) is 10.8 Å². The van der Waals surface area contributed by atoms with Crippen LogP contribution in [0.25, 0.3) is 0 Å². The fourth-order valence-electron chi connectivity index (χ4n) is 3.29. The molecule has 2 rings (SSSR count). The van der Waals surface area contributed by atoms with Gasteiger partial charge in [0.2, 0.25) is 0 Å². The molecule has 0 aromatic heterocycles. The molecule has 2 aliphatic rings. The van der Waals surface area contributed by atoms with Gasteiger partial charge in [-0.1, -0.05) is 20.8 Å². The molecule has 2 aliphatic carbocycles. The average Bonchev–Trinajstić information content (AvgIpc) is 2.36. The maximum absolute atomic E-state index is 10.2. The summed E-state index contributed by atoms with van der Waals surface area (Å²) in [5.74, 6) is 0.623. The second kappa shape index (κ2) is 1.88. The molecule has 0 amide bonds. The Labute approximate surface area is 74.1 Å². The van der Waals surface area contributed by atoms with E-state index >= 15 is 0 Å². The Kier molecular flexibility index (Phi) is 1.33. The van der Waals surface area contributed by atoms with Crippen LogP contribution in [-0.4, -0.2) is 10.8 Å². The summed E-state index contributed by atoms with van der Waals surface area (Å²) >= 11 is 0. The summed E-state index contributed by atoms with van der Waals surface area (Å²) in [6.07, 6.45) is 3.43. The van der Waals surface area contributed by atoms with Crippen LogP contribution in [0.5, 0.6) is 0 Å². The second-order valence-electron chi connectivity index (χ2n) is 5.49. The quantitative estimate of drug-likeness (QED) is 0.539. The Morgan fingerprint density at radius 2 is 1.92 bits per heavy atom.